The minimum Gasteiger partial charge on any atom is -0.481 e. The van der Waals surface area contributed by atoms with Gasteiger partial charge in [0, 0.05) is 22.0 Å². The van der Waals surface area contributed by atoms with Crippen LogP contribution in [0.3, 0.4) is 0 Å². The molecular weight excluding hydrogens is 331 g/mol. The second kappa shape index (κ2) is 6.84. The Labute approximate surface area is 141 Å². The van der Waals surface area contributed by atoms with Crippen LogP contribution in [0.5, 0.6) is 0 Å². The van der Waals surface area contributed by atoms with Crippen molar-refractivity contribution in [3.05, 3.63) is 58.2 Å². The number of aromatic amines is 1. The molecule has 0 saturated carbocycles. The van der Waals surface area contributed by atoms with Crippen molar-refractivity contribution in [1.82, 2.24) is 10.3 Å². The van der Waals surface area contributed by atoms with Crippen molar-refractivity contribution in [2.24, 2.45) is 0 Å². The predicted octanol–water partition coefficient (Wildman–Crippen LogP) is 3.24. The van der Waals surface area contributed by atoms with Crippen molar-refractivity contribution >= 4 is 34.1 Å². The molecule has 1 aromatic carbocycles. The van der Waals surface area contributed by atoms with Crippen LogP contribution in [-0.2, 0) is 16.0 Å². The van der Waals surface area contributed by atoms with E-state index in [1.54, 1.807) is 18.3 Å². The van der Waals surface area contributed by atoms with E-state index in [0.29, 0.717) is 10.9 Å². The number of H-pyrrole nitrogens is 1. The molecular formula is C17H15FN2O3S. The monoisotopic (exact) mass is 346 g/mol. The molecule has 3 rings (SSSR count). The predicted molar refractivity (Wildman–Crippen MR) is 89.4 cm³/mol. The number of fused-ring (bicyclic) bond motifs is 1. The molecule has 0 aliphatic heterocycles. The van der Waals surface area contributed by atoms with Crippen LogP contribution in [0.15, 0.2) is 41.9 Å². The van der Waals surface area contributed by atoms with Crippen LogP contribution in [0.2, 0.25) is 0 Å². The largest absolute Gasteiger partial charge is 0.481 e. The number of nitrogens with one attached hydrogen (secondary N) is 2. The molecule has 2 heterocycles. The fourth-order valence-electron chi connectivity index (χ4n) is 2.60. The van der Waals surface area contributed by atoms with Gasteiger partial charge in [0.2, 0.25) is 5.91 Å². The number of aromatic nitrogens is 1. The minimum atomic E-state index is -0.983. The summed E-state index contributed by atoms with van der Waals surface area (Å²) >= 11 is 1.39. The zero-order valence-corrected chi connectivity index (χ0v) is 13.4. The van der Waals surface area contributed by atoms with E-state index in [1.165, 1.54) is 23.5 Å². The minimum absolute atomic E-state index is 0.0466. The SMILES string of the molecule is O=C(O)C[C@@H](NC(=O)Cc1c[nH]c2ccc(F)cc12)c1cccs1. The standard InChI is InChI=1S/C17H15FN2O3S/c18-11-3-4-13-12(7-11)10(9-19-13)6-16(21)20-14(8-17(22)23)15-2-1-5-24-15/h1-5,7,9,14,19H,6,8H2,(H,20,21)(H,22,23)/t14-/m1/s1. The highest BCUT2D eigenvalue weighted by molar-refractivity contribution is 7.10. The van der Waals surface area contributed by atoms with E-state index in [2.05, 4.69) is 10.3 Å². The molecule has 5 nitrogen and oxygen atoms in total. The van der Waals surface area contributed by atoms with Gasteiger partial charge in [-0.2, -0.15) is 0 Å². The number of thiophene rings is 1. The first kappa shape index (κ1) is 16.2. The van der Waals surface area contributed by atoms with Crippen molar-refractivity contribution in [3.63, 3.8) is 0 Å². The number of carboxylic acid groups (broad SMARTS) is 1. The molecule has 24 heavy (non-hydrogen) atoms. The van der Waals surface area contributed by atoms with Gasteiger partial charge in [-0.25, -0.2) is 4.39 Å². The lowest BCUT2D eigenvalue weighted by Crippen LogP contribution is -2.30. The zero-order chi connectivity index (χ0) is 17.1. The van der Waals surface area contributed by atoms with Crippen LogP contribution in [-0.4, -0.2) is 22.0 Å². The van der Waals surface area contributed by atoms with Crippen LogP contribution < -0.4 is 5.32 Å². The number of benzene rings is 1. The Bertz CT molecular complexity index is 873. The molecule has 2 aromatic heterocycles. The maximum absolute atomic E-state index is 13.4. The van der Waals surface area contributed by atoms with Crippen molar-refractivity contribution in [2.75, 3.05) is 0 Å². The number of hydrogen-bond donors (Lipinski definition) is 3. The number of carbonyl (C=O) groups is 2. The highest BCUT2D eigenvalue weighted by atomic mass is 32.1. The average Bonchev–Trinajstić information content (AvgIpc) is 3.16. The van der Waals surface area contributed by atoms with Crippen molar-refractivity contribution in [1.29, 1.82) is 0 Å². The summed E-state index contributed by atoms with van der Waals surface area (Å²) in [6.45, 7) is 0. The molecule has 3 N–H and O–H groups in total. The lowest BCUT2D eigenvalue weighted by atomic mass is 10.1. The summed E-state index contributed by atoms with van der Waals surface area (Å²) in [5.41, 5.74) is 1.42. The molecule has 0 aliphatic rings. The maximum Gasteiger partial charge on any atom is 0.305 e. The number of carboxylic acids is 1. The first-order chi connectivity index (χ1) is 11.5. The number of halogens is 1. The topological polar surface area (TPSA) is 82.2 Å². The van der Waals surface area contributed by atoms with Gasteiger partial charge in [0.15, 0.2) is 0 Å². The zero-order valence-electron chi connectivity index (χ0n) is 12.6. The van der Waals surface area contributed by atoms with Gasteiger partial charge < -0.3 is 15.4 Å². The van der Waals surface area contributed by atoms with Gasteiger partial charge in [0.05, 0.1) is 18.9 Å². The number of hydrogen-bond acceptors (Lipinski definition) is 3. The van der Waals surface area contributed by atoms with E-state index in [4.69, 9.17) is 5.11 Å². The van der Waals surface area contributed by atoms with Gasteiger partial charge in [-0.3, -0.25) is 9.59 Å². The van der Waals surface area contributed by atoms with Crippen LogP contribution in [0, 0.1) is 5.82 Å². The van der Waals surface area contributed by atoms with Gasteiger partial charge in [0.25, 0.3) is 0 Å². The van der Waals surface area contributed by atoms with Gasteiger partial charge in [-0.15, -0.1) is 11.3 Å². The van der Waals surface area contributed by atoms with Gasteiger partial charge in [-0.1, -0.05) is 6.07 Å². The number of aliphatic carboxylic acids is 1. The number of rotatable bonds is 6. The molecule has 0 saturated heterocycles. The van der Waals surface area contributed by atoms with E-state index in [-0.39, 0.29) is 24.6 Å². The Hall–Kier alpha value is -2.67. The quantitative estimate of drug-likeness (QED) is 0.641. The first-order valence-corrected chi connectivity index (χ1v) is 8.21. The fraction of sp³-hybridized carbons (Fsp3) is 0.176. The van der Waals surface area contributed by atoms with Crippen LogP contribution in [0.1, 0.15) is 22.9 Å². The molecule has 0 bridgehead atoms. The van der Waals surface area contributed by atoms with Gasteiger partial charge in [-0.05, 0) is 35.2 Å². The first-order valence-electron chi connectivity index (χ1n) is 7.33. The van der Waals surface area contributed by atoms with E-state index in [0.717, 1.165) is 10.4 Å². The Balaban J connectivity index is 1.75. The van der Waals surface area contributed by atoms with E-state index >= 15 is 0 Å². The summed E-state index contributed by atoms with van der Waals surface area (Å²) in [6, 6.07) is 7.37. The Kier molecular flexibility index (Phi) is 4.61. The third-order valence-corrected chi connectivity index (χ3v) is 4.67. The number of carbonyl (C=O) groups excluding carboxylic acids is 1. The molecule has 0 spiro atoms. The molecule has 1 atom stereocenters. The summed E-state index contributed by atoms with van der Waals surface area (Å²) in [5, 5.41) is 14.3. The van der Waals surface area contributed by atoms with Gasteiger partial charge in [0.1, 0.15) is 5.82 Å². The summed E-state index contributed by atoms with van der Waals surface area (Å²) in [6.07, 6.45) is 1.53. The molecule has 0 fully saturated rings. The third kappa shape index (κ3) is 3.62. The van der Waals surface area contributed by atoms with Crippen LogP contribution in [0.25, 0.3) is 10.9 Å². The second-order valence-electron chi connectivity index (χ2n) is 5.41. The Morgan fingerprint density at radius 1 is 1.33 bits per heavy atom. The summed E-state index contributed by atoms with van der Waals surface area (Å²) in [7, 11) is 0. The van der Waals surface area contributed by atoms with E-state index in [1.807, 2.05) is 11.4 Å². The van der Waals surface area contributed by atoms with Crippen molar-refractivity contribution in [3.8, 4) is 0 Å². The smallest absolute Gasteiger partial charge is 0.305 e. The van der Waals surface area contributed by atoms with Crippen LogP contribution in [0.4, 0.5) is 4.39 Å². The average molecular weight is 346 g/mol. The van der Waals surface area contributed by atoms with Crippen molar-refractivity contribution < 1.29 is 19.1 Å². The Morgan fingerprint density at radius 2 is 2.17 bits per heavy atom. The molecule has 1 amide bonds. The Morgan fingerprint density at radius 3 is 2.88 bits per heavy atom. The molecule has 0 unspecified atom stereocenters. The van der Waals surface area contributed by atoms with E-state index in [9.17, 15) is 14.0 Å². The summed E-state index contributed by atoms with van der Waals surface area (Å²) < 4.78 is 13.4. The lowest BCUT2D eigenvalue weighted by Gasteiger charge is -2.15. The second-order valence-corrected chi connectivity index (χ2v) is 6.39. The normalized spacial score (nSPS) is 12.2. The number of amides is 1. The molecule has 124 valence electrons. The highest BCUT2D eigenvalue weighted by Gasteiger charge is 2.19. The summed E-state index contributed by atoms with van der Waals surface area (Å²) in [4.78, 5) is 27.1. The fourth-order valence-corrected chi connectivity index (χ4v) is 3.38. The summed E-state index contributed by atoms with van der Waals surface area (Å²) in [5.74, 6) is -1.66. The molecule has 0 radical (unpaired) electrons. The van der Waals surface area contributed by atoms with E-state index < -0.39 is 12.0 Å². The maximum atomic E-state index is 13.4. The lowest BCUT2D eigenvalue weighted by molar-refractivity contribution is -0.137. The molecule has 7 heteroatoms. The van der Waals surface area contributed by atoms with Crippen LogP contribution >= 0.6 is 11.3 Å². The highest BCUT2D eigenvalue weighted by Crippen LogP contribution is 2.23. The molecule has 3 aromatic rings. The van der Waals surface area contributed by atoms with Gasteiger partial charge >= 0.3 is 5.97 Å². The van der Waals surface area contributed by atoms with Crippen molar-refractivity contribution in [2.45, 2.75) is 18.9 Å². The third-order valence-electron chi connectivity index (χ3n) is 3.68. The molecule has 0 aliphatic carbocycles.